The standard InChI is InChI=1S/C14H13N3OS/c1-8-7-12(19-17-8)16-14(18)13-9(2)15-11-6-4-3-5-10(11)13/h3-7,15H,1-2H3,(H,16,18). The summed E-state index contributed by atoms with van der Waals surface area (Å²) in [6.45, 7) is 3.82. The van der Waals surface area contributed by atoms with E-state index in [0.717, 1.165) is 27.3 Å². The number of benzene rings is 1. The fraction of sp³-hybridized carbons (Fsp3) is 0.143. The predicted octanol–water partition coefficient (Wildman–Crippen LogP) is 3.49. The summed E-state index contributed by atoms with van der Waals surface area (Å²) in [7, 11) is 0. The molecule has 0 saturated heterocycles. The van der Waals surface area contributed by atoms with Crippen molar-refractivity contribution in [1.29, 1.82) is 0 Å². The average molecular weight is 271 g/mol. The number of para-hydroxylation sites is 1. The maximum absolute atomic E-state index is 12.4. The number of fused-ring (bicyclic) bond motifs is 1. The molecule has 1 aromatic carbocycles. The Kier molecular flexibility index (Phi) is 2.83. The molecule has 2 aromatic heterocycles. The summed E-state index contributed by atoms with van der Waals surface area (Å²) in [5.41, 5.74) is 3.46. The summed E-state index contributed by atoms with van der Waals surface area (Å²) in [5.74, 6) is -0.0985. The van der Waals surface area contributed by atoms with Crippen LogP contribution < -0.4 is 5.32 Å². The number of hydrogen-bond acceptors (Lipinski definition) is 3. The van der Waals surface area contributed by atoms with Gasteiger partial charge in [-0.3, -0.25) is 4.79 Å². The van der Waals surface area contributed by atoms with Gasteiger partial charge >= 0.3 is 0 Å². The fourth-order valence-corrected chi connectivity index (χ4v) is 2.82. The van der Waals surface area contributed by atoms with E-state index in [1.54, 1.807) is 0 Å². The number of amides is 1. The van der Waals surface area contributed by atoms with Gasteiger partial charge in [0.25, 0.3) is 5.91 Å². The molecule has 1 amide bonds. The Bertz CT molecular complexity index is 757. The van der Waals surface area contributed by atoms with Crippen LogP contribution in [0.3, 0.4) is 0 Å². The molecule has 3 aromatic rings. The number of aromatic nitrogens is 2. The minimum absolute atomic E-state index is 0.0985. The lowest BCUT2D eigenvalue weighted by atomic mass is 10.1. The monoisotopic (exact) mass is 271 g/mol. The molecule has 0 aliphatic carbocycles. The molecule has 0 aliphatic heterocycles. The lowest BCUT2D eigenvalue weighted by Gasteiger charge is -2.02. The maximum Gasteiger partial charge on any atom is 0.258 e. The Balaban J connectivity index is 1.99. The number of nitrogens with zero attached hydrogens (tertiary/aromatic N) is 1. The third kappa shape index (κ3) is 2.13. The van der Waals surface area contributed by atoms with Crippen LogP contribution >= 0.6 is 11.5 Å². The topological polar surface area (TPSA) is 57.8 Å². The summed E-state index contributed by atoms with van der Waals surface area (Å²) in [6, 6.07) is 9.67. The Morgan fingerprint density at radius 1 is 1.32 bits per heavy atom. The summed E-state index contributed by atoms with van der Waals surface area (Å²) < 4.78 is 4.15. The lowest BCUT2D eigenvalue weighted by Crippen LogP contribution is -2.11. The molecule has 0 bridgehead atoms. The molecular formula is C14H13N3OS. The number of aromatic amines is 1. The fourth-order valence-electron chi connectivity index (χ4n) is 2.17. The largest absolute Gasteiger partial charge is 0.358 e. The summed E-state index contributed by atoms with van der Waals surface area (Å²) in [6.07, 6.45) is 0. The quantitative estimate of drug-likeness (QED) is 0.749. The predicted molar refractivity (Wildman–Crippen MR) is 77.8 cm³/mol. The third-order valence-electron chi connectivity index (χ3n) is 2.99. The van der Waals surface area contributed by atoms with Gasteiger partial charge in [-0.2, -0.15) is 4.37 Å². The van der Waals surface area contributed by atoms with Crippen molar-refractivity contribution in [2.24, 2.45) is 0 Å². The average Bonchev–Trinajstić information content (AvgIpc) is 2.91. The van der Waals surface area contributed by atoms with E-state index in [1.165, 1.54) is 11.5 Å². The van der Waals surface area contributed by atoms with Crippen LogP contribution in [0, 0.1) is 13.8 Å². The van der Waals surface area contributed by atoms with E-state index < -0.39 is 0 Å². The molecule has 0 fully saturated rings. The van der Waals surface area contributed by atoms with Crippen LogP contribution in [0.1, 0.15) is 21.7 Å². The molecule has 0 atom stereocenters. The van der Waals surface area contributed by atoms with Gasteiger partial charge in [0.2, 0.25) is 0 Å². The minimum Gasteiger partial charge on any atom is -0.358 e. The van der Waals surface area contributed by atoms with Crippen molar-refractivity contribution in [2.75, 3.05) is 5.32 Å². The zero-order chi connectivity index (χ0) is 13.4. The van der Waals surface area contributed by atoms with Gasteiger partial charge in [0, 0.05) is 16.6 Å². The lowest BCUT2D eigenvalue weighted by molar-refractivity contribution is 0.102. The van der Waals surface area contributed by atoms with Gasteiger partial charge in [0.1, 0.15) is 5.00 Å². The van der Waals surface area contributed by atoms with E-state index in [2.05, 4.69) is 14.7 Å². The highest BCUT2D eigenvalue weighted by molar-refractivity contribution is 7.10. The molecule has 5 heteroatoms. The second-order valence-electron chi connectivity index (χ2n) is 4.46. The first-order chi connectivity index (χ1) is 9.15. The molecular weight excluding hydrogens is 258 g/mol. The number of hydrogen-bond donors (Lipinski definition) is 2. The smallest absolute Gasteiger partial charge is 0.258 e. The summed E-state index contributed by atoms with van der Waals surface area (Å²) >= 11 is 1.29. The van der Waals surface area contributed by atoms with Crippen LogP contribution in [-0.4, -0.2) is 15.3 Å². The van der Waals surface area contributed by atoms with E-state index in [4.69, 9.17) is 0 Å². The molecule has 0 unspecified atom stereocenters. The zero-order valence-electron chi connectivity index (χ0n) is 10.7. The first kappa shape index (κ1) is 11.9. The molecule has 4 nitrogen and oxygen atoms in total. The van der Waals surface area contributed by atoms with Gasteiger partial charge < -0.3 is 10.3 Å². The van der Waals surface area contributed by atoms with Crippen LogP contribution in [-0.2, 0) is 0 Å². The van der Waals surface area contributed by atoms with Gasteiger partial charge in [-0.15, -0.1) is 0 Å². The van der Waals surface area contributed by atoms with Gasteiger partial charge in [-0.1, -0.05) is 18.2 Å². The molecule has 96 valence electrons. The molecule has 0 spiro atoms. The number of rotatable bonds is 2. The van der Waals surface area contributed by atoms with Crippen molar-refractivity contribution in [1.82, 2.24) is 9.36 Å². The first-order valence-electron chi connectivity index (χ1n) is 5.97. The van der Waals surface area contributed by atoms with E-state index in [0.29, 0.717) is 5.56 Å². The highest BCUT2D eigenvalue weighted by Crippen LogP contribution is 2.24. The molecule has 19 heavy (non-hydrogen) atoms. The molecule has 0 saturated carbocycles. The van der Waals surface area contributed by atoms with Gasteiger partial charge in [-0.25, -0.2) is 0 Å². The van der Waals surface area contributed by atoms with E-state index in [-0.39, 0.29) is 5.91 Å². The summed E-state index contributed by atoms with van der Waals surface area (Å²) in [4.78, 5) is 15.6. The van der Waals surface area contributed by atoms with E-state index >= 15 is 0 Å². The molecule has 2 N–H and O–H groups in total. The molecule has 0 radical (unpaired) electrons. The van der Waals surface area contributed by atoms with Crippen molar-refractivity contribution in [2.45, 2.75) is 13.8 Å². The van der Waals surface area contributed by atoms with Crippen LogP contribution in [0.25, 0.3) is 10.9 Å². The molecule has 3 rings (SSSR count). The van der Waals surface area contributed by atoms with E-state index in [1.807, 2.05) is 44.2 Å². The second kappa shape index (κ2) is 4.51. The van der Waals surface area contributed by atoms with Gasteiger partial charge in [-0.05, 0) is 37.5 Å². The van der Waals surface area contributed by atoms with Crippen molar-refractivity contribution >= 4 is 33.3 Å². The Morgan fingerprint density at radius 2 is 2.11 bits per heavy atom. The van der Waals surface area contributed by atoms with Crippen LogP contribution in [0.4, 0.5) is 5.00 Å². The highest BCUT2D eigenvalue weighted by Gasteiger charge is 2.16. The Morgan fingerprint density at radius 3 is 2.84 bits per heavy atom. The molecule has 2 heterocycles. The van der Waals surface area contributed by atoms with Crippen molar-refractivity contribution in [3.8, 4) is 0 Å². The van der Waals surface area contributed by atoms with Crippen LogP contribution in [0.2, 0.25) is 0 Å². The SMILES string of the molecule is Cc1cc(NC(=O)c2c(C)[nH]c3ccccc23)sn1. The first-order valence-corrected chi connectivity index (χ1v) is 6.74. The number of H-pyrrole nitrogens is 1. The van der Waals surface area contributed by atoms with Gasteiger partial charge in [0.15, 0.2) is 0 Å². The molecule has 0 aliphatic rings. The number of nitrogens with one attached hydrogen (secondary N) is 2. The van der Waals surface area contributed by atoms with E-state index in [9.17, 15) is 4.79 Å². The minimum atomic E-state index is -0.0985. The van der Waals surface area contributed by atoms with Crippen LogP contribution in [0.15, 0.2) is 30.3 Å². The normalized spacial score (nSPS) is 10.8. The summed E-state index contributed by atoms with van der Waals surface area (Å²) in [5, 5.41) is 4.61. The van der Waals surface area contributed by atoms with Crippen LogP contribution in [0.5, 0.6) is 0 Å². The number of carbonyl (C=O) groups is 1. The Hall–Kier alpha value is -2.14. The third-order valence-corrected chi connectivity index (χ3v) is 3.78. The maximum atomic E-state index is 12.4. The number of anilines is 1. The van der Waals surface area contributed by atoms with Crippen molar-refractivity contribution in [3.63, 3.8) is 0 Å². The highest BCUT2D eigenvalue weighted by atomic mass is 32.1. The second-order valence-corrected chi connectivity index (χ2v) is 5.26. The Labute approximate surface area is 114 Å². The number of aryl methyl sites for hydroxylation is 2. The number of carbonyl (C=O) groups excluding carboxylic acids is 1. The zero-order valence-corrected chi connectivity index (χ0v) is 11.5. The van der Waals surface area contributed by atoms with Crippen molar-refractivity contribution in [3.05, 3.63) is 47.3 Å². The van der Waals surface area contributed by atoms with Gasteiger partial charge in [0.05, 0.1) is 11.3 Å². The van der Waals surface area contributed by atoms with Crippen molar-refractivity contribution < 1.29 is 4.79 Å².